The Morgan fingerprint density at radius 3 is 2.32 bits per heavy atom. The van der Waals surface area contributed by atoms with Crippen molar-refractivity contribution in [1.82, 2.24) is 9.38 Å². The zero-order valence-corrected chi connectivity index (χ0v) is 13.1. The Morgan fingerprint density at radius 2 is 1.56 bits per heavy atom. The summed E-state index contributed by atoms with van der Waals surface area (Å²) in [6, 6.07) is 19.0. The fourth-order valence-electron chi connectivity index (χ4n) is 2.83. The van der Waals surface area contributed by atoms with Gasteiger partial charge >= 0.3 is 0 Å². The van der Waals surface area contributed by atoms with Gasteiger partial charge in [-0.05, 0) is 35.9 Å². The van der Waals surface area contributed by atoms with Gasteiger partial charge in [0, 0.05) is 11.8 Å². The number of benzene rings is 2. The predicted octanol–water partition coefficient (Wildman–Crippen LogP) is 3.44. The minimum absolute atomic E-state index is 0.195. The van der Waals surface area contributed by atoms with Crippen LogP contribution in [0.4, 0.5) is 0 Å². The molecule has 0 aliphatic rings. The van der Waals surface area contributed by atoms with Crippen LogP contribution in [0.25, 0.3) is 28.0 Å². The average molecular weight is 330 g/mol. The molecular weight excluding hydrogens is 316 g/mol. The molecule has 25 heavy (non-hydrogen) atoms. The third-order valence-corrected chi connectivity index (χ3v) is 4.05. The van der Waals surface area contributed by atoms with Gasteiger partial charge in [0.1, 0.15) is 5.65 Å². The summed E-state index contributed by atoms with van der Waals surface area (Å²) in [5.41, 5.74) is 2.50. The highest BCUT2D eigenvalue weighted by atomic mass is 16.3. The maximum atomic E-state index is 13.1. The second kappa shape index (κ2) is 5.79. The zero-order valence-electron chi connectivity index (χ0n) is 13.1. The first kappa shape index (κ1) is 15.0. The highest BCUT2D eigenvalue weighted by Gasteiger charge is 2.17. The minimum atomic E-state index is -0.258. The first-order valence-electron chi connectivity index (χ1n) is 7.74. The molecule has 0 radical (unpaired) electrons. The molecule has 2 aromatic carbocycles. The van der Waals surface area contributed by atoms with Gasteiger partial charge in [-0.2, -0.15) is 0 Å². The lowest BCUT2D eigenvalue weighted by Gasteiger charge is -2.12. The van der Waals surface area contributed by atoms with Crippen molar-refractivity contribution < 1.29 is 10.2 Å². The smallest absolute Gasteiger partial charge is 0.266 e. The fourth-order valence-corrected chi connectivity index (χ4v) is 2.83. The lowest BCUT2D eigenvalue weighted by atomic mass is 10.00. The molecule has 2 aromatic heterocycles. The van der Waals surface area contributed by atoms with Gasteiger partial charge in [-0.15, -0.1) is 0 Å². The number of phenolic OH excluding ortho intramolecular Hbond substituents is 2. The van der Waals surface area contributed by atoms with E-state index in [4.69, 9.17) is 0 Å². The van der Waals surface area contributed by atoms with E-state index in [2.05, 4.69) is 4.98 Å². The lowest BCUT2D eigenvalue weighted by molar-refractivity contribution is 0.404. The molecule has 0 amide bonds. The van der Waals surface area contributed by atoms with E-state index in [9.17, 15) is 15.0 Å². The van der Waals surface area contributed by atoms with E-state index in [1.54, 1.807) is 24.4 Å². The van der Waals surface area contributed by atoms with Crippen LogP contribution in [0.15, 0.2) is 77.7 Å². The van der Waals surface area contributed by atoms with Crippen LogP contribution in [0, 0.1) is 0 Å². The highest BCUT2D eigenvalue weighted by molar-refractivity contribution is 5.82. The maximum absolute atomic E-state index is 13.1. The van der Waals surface area contributed by atoms with Crippen molar-refractivity contribution >= 4 is 5.65 Å². The molecule has 0 atom stereocenters. The number of hydrogen-bond donors (Lipinski definition) is 2. The molecule has 2 N–H and O–H groups in total. The SMILES string of the molecule is O=c1c(-c2ccccc2)c(-c2ccc(O)c(O)c2)nc2ccccn12. The van der Waals surface area contributed by atoms with Crippen molar-refractivity contribution in [3.8, 4) is 33.9 Å². The van der Waals surface area contributed by atoms with E-state index in [1.807, 2.05) is 36.4 Å². The first-order valence-corrected chi connectivity index (χ1v) is 7.74. The van der Waals surface area contributed by atoms with Crippen molar-refractivity contribution in [1.29, 1.82) is 0 Å². The summed E-state index contributed by atoms with van der Waals surface area (Å²) >= 11 is 0. The van der Waals surface area contributed by atoms with Crippen LogP contribution >= 0.6 is 0 Å². The van der Waals surface area contributed by atoms with Gasteiger partial charge in [0.05, 0.1) is 11.3 Å². The first-order chi connectivity index (χ1) is 12.1. The van der Waals surface area contributed by atoms with Crippen LogP contribution < -0.4 is 5.56 Å². The topological polar surface area (TPSA) is 74.8 Å². The molecule has 122 valence electrons. The van der Waals surface area contributed by atoms with Gasteiger partial charge in [-0.1, -0.05) is 36.4 Å². The number of pyridine rings is 1. The van der Waals surface area contributed by atoms with E-state index in [0.717, 1.165) is 5.56 Å². The van der Waals surface area contributed by atoms with E-state index in [1.165, 1.54) is 16.5 Å². The summed E-state index contributed by atoms with van der Waals surface area (Å²) < 4.78 is 1.49. The van der Waals surface area contributed by atoms with Gasteiger partial charge in [0.25, 0.3) is 5.56 Å². The molecule has 2 heterocycles. The quantitative estimate of drug-likeness (QED) is 0.552. The predicted molar refractivity (Wildman–Crippen MR) is 95.7 cm³/mol. The van der Waals surface area contributed by atoms with Gasteiger partial charge in [0.2, 0.25) is 0 Å². The molecule has 0 aliphatic carbocycles. The maximum Gasteiger partial charge on any atom is 0.266 e. The standard InChI is InChI=1S/C20H14N2O3/c23-15-10-9-14(12-16(15)24)19-18(13-6-2-1-3-7-13)20(25)22-11-5-4-8-17(22)21-19/h1-12,23-24H. The molecular formula is C20H14N2O3. The van der Waals surface area contributed by atoms with E-state index in [0.29, 0.717) is 22.5 Å². The summed E-state index contributed by atoms with van der Waals surface area (Å²) in [7, 11) is 0. The lowest BCUT2D eigenvalue weighted by Crippen LogP contribution is -2.18. The van der Waals surface area contributed by atoms with E-state index in [-0.39, 0.29) is 17.1 Å². The van der Waals surface area contributed by atoms with Crippen LogP contribution in [0.5, 0.6) is 11.5 Å². The summed E-state index contributed by atoms with van der Waals surface area (Å²) in [4.78, 5) is 17.7. The summed E-state index contributed by atoms with van der Waals surface area (Å²) in [5.74, 6) is -0.478. The van der Waals surface area contributed by atoms with Crippen LogP contribution in [-0.2, 0) is 0 Å². The van der Waals surface area contributed by atoms with Crippen LogP contribution in [0.2, 0.25) is 0 Å². The minimum Gasteiger partial charge on any atom is -0.504 e. The molecule has 4 rings (SSSR count). The number of rotatable bonds is 2. The summed E-state index contributed by atoms with van der Waals surface area (Å²) in [6.07, 6.45) is 1.68. The Kier molecular flexibility index (Phi) is 3.47. The number of phenols is 2. The Labute approximate surface area is 143 Å². The number of aromatic nitrogens is 2. The van der Waals surface area contributed by atoms with E-state index < -0.39 is 0 Å². The van der Waals surface area contributed by atoms with Gasteiger partial charge in [0.15, 0.2) is 11.5 Å². The molecule has 0 saturated heterocycles. The molecule has 0 spiro atoms. The molecule has 0 bridgehead atoms. The van der Waals surface area contributed by atoms with Crippen molar-refractivity contribution in [2.75, 3.05) is 0 Å². The van der Waals surface area contributed by atoms with Gasteiger partial charge in [-0.3, -0.25) is 9.20 Å². The van der Waals surface area contributed by atoms with E-state index >= 15 is 0 Å². The van der Waals surface area contributed by atoms with Crippen molar-refractivity contribution in [3.63, 3.8) is 0 Å². The van der Waals surface area contributed by atoms with Crippen LogP contribution in [0.1, 0.15) is 0 Å². The Morgan fingerprint density at radius 1 is 0.800 bits per heavy atom. The monoisotopic (exact) mass is 330 g/mol. The second-order valence-corrected chi connectivity index (χ2v) is 5.64. The molecule has 0 unspecified atom stereocenters. The van der Waals surface area contributed by atoms with Gasteiger partial charge < -0.3 is 10.2 Å². The summed E-state index contributed by atoms with van der Waals surface area (Å²) in [6.45, 7) is 0. The third kappa shape index (κ3) is 2.52. The highest BCUT2D eigenvalue weighted by Crippen LogP contribution is 2.33. The van der Waals surface area contributed by atoms with Crippen LogP contribution in [0.3, 0.4) is 0 Å². The third-order valence-electron chi connectivity index (χ3n) is 4.05. The zero-order chi connectivity index (χ0) is 17.4. The molecule has 0 saturated carbocycles. The number of hydrogen-bond acceptors (Lipinski definition) is 4. The van der Waals surface area contributed by atoms with Crippen molar-refractivity contribution in [2.24, 2.45) is 0 Å². The molecule has 5 nitrogen and oxygen atoms in total. The summed E-state index contributed by atoms with van der Waals surface area (Å²) in [5, 5.41) is 19.4. The Bertz CT molecular complexity index is 1130. The largest absolute Gasteiger partial charge is 0.504 e. The Balaban J connectivity index is 2.11. The molecule has 0 aliphatic heterocycles. The Hall–Kier alpha value is -3.60. The number of nitrogens with zero attached hydrogens (tertiary/aromatic N) is 2. The number of fused-ring (bicyclic) bond motifs is 1. The second-order valence-electron chi connectivity index (χ2n) is 5.64. The molecule has 5 heteroatoms. The normalized spacial score (nSPS) is 10.9. The molecule has 4 aromatic rings. The average Bonchev–Trinajstić information content (AvgIpc) is 2.64. The van der Waals surface area contributed by atoms with Gasteiger partial charge in [-0.25, -0.2) is 4.98 Å². The number of aromatic hydroxyl groups is 2. The van der Waals surface area contributed by atoms with Crippen LogP contribution in [-0.4, -0.2) is 19.6 Å². The fraction of sp³-hybridized carbons (Fsp3) is 0. The van der Waals surface area contributed by atoms with Crippen molar-refractivity contribution in [3.05, 3.63) is 83.3 Å². The molecule has 0 fully saturated rings. The van der Waals surface area contributed by atoms with Crippen molar-refractivity contribution in [2.45, 2.75) is 0 Å².